The molecule has 1 atom stereocenters. The largest absolute Gasteiger partial charge is 0.456 e. The molecule has 0 bridgehead atoms. The fraction of sp³-hybridized carbons (Fsp3) is 0.0196. The molecule has 0 saturated heterocycles. The zero-order valence-electron chi connectivity index (χ0n) is 30.2. The van der Waals surface area contributed by atoms with Crippen molar-refractivity contribution in [1.29, 1.82) is 0 Å². The first-order valence-electron chi connectivity index (χ1n) is 18.8. The van der Waals surface area contributed by atoms with Crippen molar-refractivity contribution < 1.29 is 8.83 Å². The van der Waals surface area contributed by atoms with Gasteiger partial charge in [0.05, 0.1) is 0 Å². The third-order valence-corrected chi connectivity index (χ3v) is 10.8. The summed E-state index contributed by atoms with van der Waals surface area (Å²) in [6.45, 7) is 0. The molecule has 8 aromatic carbocycles. The Balaban J connectivity index is 1.07. The SMILES string of the molecule is c1ccc(C2=NC(c3ccc4c(oc5c(-c6ccc7c(c6)oc6cc(-c8ccccc8)ccc67)cccc54)c3-c3ccccc3)NC(c3ccccc3)=N2)cc1. The van der Waals surface area contributed by atoms with Crippen LogP contribution in [0.15, 0.2) is 207 Å². The van der Waals surface area contributed by atoms with Crippen molar-refractivity contribution in [3.05, 3.63) is 205 Å². The van der Waals surface area contributed by atoms with Crippen LogP contribution in [0, 0.1) is 0 Å². The third-order valence-electron chi connectivity index (χ3n) is 10.8. The van der Waals surface area contributed by atoms with Gasteiger partial charge < -0.3 is 14.2 Å². The lowest BCUT2D eigenvalue weighted by Gasteiger charge is -2.25. The Labute approximate surface area is 322 Å². The van der Waals surface area contributed by atoms with E-state index in [9.17, 15) is 0 Å². The quantitative estimate of drug-likeness (QED) is 0.186. The first-order chi connectivity index (χ1) is 27.7. The first-order valence-corrected chi connectivity index (χ1v) is 18.8. The van der Waals surface area contributed by atoms with Crippen molar-refractivity contribution >= 4 is 55.5 Å². The number of nitrogens with zero attached hydrogens (tertiary/aromatic N) is 2. The number of aliphatic imine (C=N–C) groups is 2. The molecule has 0 aliphatic carbocycles. The molecule has 1 aliphatic rings. The van der Waals surface area contributed by atoms with Crippen molar-refractivity contribution in [3.8, 4) is 33.4 Å². The number of benzene rings is 8. The standard InChI is InChI=1S/C51H33N3O2/c1-5-14-32(15-6-1)36-24-26-39-40-27-25-37(31-45(40)55-44(39)30-36)38-22-13-23-41-42-28-29-43(46(48(42)56-47(38)41)33-16-7-2-8-17-33)51-53-49(34-18-9-3-10-19-34)52-50(54-51)35-20-11-4-12-21-35/h1-31,51H,(H,52,53,54). The molecule has 11 rings (SSSR count). The van der Waals surface area contributed by atoms with Gasteiger partial charge in [-0.05, 0) is 46.5 Å². The molecule has 0 radical (unpaired) electrons. The number of fused-ring (bicyclic) bond motifs is 6. The van der Waals surface area contributed by atoms with Gasteiger partial charge in [-0.2, -0.15) is 0 Å². The second kappa shape index (κ2) is 13.1. The highest BCUT2D eigenvalue weighted by Gasteiger charge is 2.27. The molecule has 2 aromatic heterocycles. The molecule has 3 heterocycles. The highest BCUT2D eigenvalue weighted by atomic mass is 16.3. The lowest BCUT2D eigenvalue weighted by Crippen LogP contribution is -2.33. The van der Waals surface area contributed by atoms with Crippen LogP contribution in [0.25, 0.3) is 77.3 Å². The number of furan rings is 2. The third kappa shape index (κ3) is 5.40. The van der Waals surface area contributed by atoms with Gasteiger partial charge in [-0.15, -0.1) is 0 Å². The molecule has 1 aliphatic heterocycles. The smallest absolute Gasteiger partial charge is 0.159 e. The molecule has 264 valence electrons. The Hall–Kier alpha value is -7.50. The number of hydrogen-bond donors (Lipinski definition) is 1. The monoisotopic (exact) mass is 719 g/mol. The van der Waals surface area contributed by atoms with Gasteiger partial charge in [-0.1, -0.05) is 164 Å². The summed E-state index contributed by atoms with van der Waals surface area (Å²) >= 11 is 0. The summed E-state index contributed by atoms with van der Waals surface area (Å²) in [5, 5.41) is 7.97. The van der Waals surface area contributed by atoms with Crippen LogP contribution in [-0.4, -0.2) is 11.7 Å². The molecule has 0 spiro atoms. The highest BCUT2D eigenvalue weighted by molar-refractivity contribution is 6.16. The Morgan fingerprint density at radius 3 is 1.68 bits per heavy atom. The van der Waals surface area contributed by atoms with Crippen LogP contribution < -0.4 is 5.32 Å². The van der Waals surface area contributed by atoms with Gasteiger partial charge in [0.15, 0.2) is 5.84 Å². The Morgan fingerprint density at radius 2 is 0.982 bits per heavy atom. The first kappa shape index (κ1) is 32.0. The maximum absolute atomic E-state index is 7.08. The predicted octanol–water partition coefficient (Wildman–Crippen LogP) is 13.0. The van der Waals surface area contributed by atoms with Gasteiger partial charge in [0, 0.05) is 49.4 Å². The lowest BCUT2D eigenvalue weighted by molar-refractivity contribution is 0.658. The second-order valence-electron chi connectivity index (χ2n) is 14.1. The van der Waals surface area contributed by atoms with Gasteiger partial charge in [0.25, 0.3) is 0 Å². The van der Waals surface area contributed by atoms with Gasteiger partial charge in [-0.25, -0.2) is 9.98 Å². The van der Waals surface area contributed by atoms with E-state index < -0.39 is 6.17 Å². The summed E-state index contributed by atoms with van der Waals surface area (Å²) in [6, 6.07) is 65.0. The number of nitrogens with one attached hydrogen (secondary N) is 1. The molecular weight excluding hydrogens is 687 g/mol. The zero-order chi connectivity index (χ0) is 37.0. The average Bonchev–Trinajstić information content (AvgIpc) is 3.85. The van der Waals surface area contributed by atoms with E-state index in [4.69, 9.17) is 18.8 Å². The second-order valence-corrected chi connectivity index (χ2v) is 14.1. The van der Waals surface area contributed by atoms with Crippen LogP contribution in [0.3, 0.4) is 0 Å². The summed E-state index contributed by atoms with van der Waals surface area (Å²) in [5.41, 5.74) is 12.7. The topological polar surface area (TPSA) is 63.0 Å². The van der Waals surface area contributed by atoms with Crippen molar-refractivity contribution in [2.75, 3.05) is 0 Å². The van der Waals surface area contributed by atoms with Crippen LogP contribution >= 0.6 is 0 Å². The van der Waals surface area contributed by atoms with Crippen molar-refractivity contribution in [2.45, 2.75) is 6.17 Å². The molecule has 1 N–H and O–H groups in total. The van der Waals surface area contributed by atoms with Gasteiger partial charge in [0.2, 0.25) is 0 Å². The molecule has 0 amide bonds. The maximum Gasteiger partial charge on any atom is 0.159 e. The van der Waals surface area contributed by atoms with E-state index in [0.717, 1.165) is 99.8 Å². The normalized spacial score (nSPS) is 14.2. The summed E-state index contributed by atoms with van der Waals surface area (Å²) in [5.74, 6) is 1.45. The minimum Gasteiger partial charge on any atom is -0.456 e. The minimum absolute atomic E-state index is 0.428. The van der Waals surface area contributed by atoms with Crippen molar-refractivity contribution in [2.24, 2.45) is 9.98 Å². The summed E-state index contributed by atoms with van der Waals surface area (Å²) in [4.78, 5) is 10.3. The number of hydrogen-bond acceptors (Lipinski definition) is 5. The number of rotatable bonds is 6. The fourth-order valence-electron chi connectivity index (χ4n) is 8.06. The molecule has 5 heteroatoms. The van der Waals surface area contributed by atoms with Crippen molar-refractivity contribution in [1.82, 2.24) is 5.32 Å². The molecule has 1 unspecified atom stereocenters. The Morgan fingerprint density at radius 1 is 0.411 bits per heavy atom. The average molecular weight is 720 g/mol. The van der Waals surface area contributed by atoms with E-state index >= 15 is 0 Å². The molecular formula is C51H33N3O2. The maximum atomic E-state index is 7.08. The van der Waals surface area contributed by atoms with Crippen LogP contribution in [0.1, 0.15) is 22.9 Å². The van der Waals surface area contributed by atoms with Crippen LogP contribution in [0.4, 0.5) is 0 Å². The van der Waals surface area contributed by atoms with E-state index in [1.54, 1.807) is 0 Å². The molecule has 10 aromatic rings. The fourth-order valence-corrected chi connectivity index (χ4v) is 8.06. The van der Waals surface area contributed by atoms with E-state index in [-0.39, 0.29) is 0 Å². The predicted molar refractivity (Wildman–Crippen MR) is 229 cm³/mol. The molecule has 56 heavy (non-hydrogen) atoms. The highest BCUT2D eigenvalue weighted by Crippen LogP contribution is 2.44. The zero-order valence-corrected chi connectivity index (χ0v) is 30.2. The Bertz CT molecular complexity index is 3140. The van der Waals surface area contributed by atoms with E-state index in [0.29, 0.717) is 5.84 Å². The number of amidine groups is 2. The molecule has 5 nitrogen and oxygen atoms in total. The summed E-state index contributed by atoms with van der Waals surface area (Å²) in [6.07, 6.45) is -0.428. The minimum atomic E-state index is -0.428. The van der Waals surface area contributed by atoms with Gasteiger partial charge >= 0.3 is 0 Å². The molecule has 0 saturated carbocycles. The van der Waals surface area contributed by atoms with Crippen LogP contribution in [0.5, 0.6) is 0 Å². The number of para-hydroxylation sites is 1. The Kier molecular flexibility index (Phi) is 7.49. The summed E-state index contributed by atoms with van der Waals surface area (Å²) in [7, 11) is 0. The van der Waals surface area contributed by atoms with Crippen LogP contribution in [-0.2, 0) is 0 Å². The summed E-state index contributed by atoms with van der Waals surface area (Å²) < 4.78 is 13.6. The molecule has 0 fully saturated rings. The van der Waals surface area contributed by atoms with E-state index in [1.165, 1.54) is 0 Å². The van der Waals surface area contributed by atoms with Gasteiger partial charge in [0.1, 0.15) is 34.3 Å². The van der Waals surface area contributed by atoms with Crippen LogP contribution in [0.2, 0.25) is 0 Å². The van der Waals surface area contributed by atoms with E-state index in [2.05, 4.69) is 145 Å². The van der Waals surface area contributed by atoms with E-state index in [1.807, 2.05) is 48.5 Å². The lowest BCUT2D eigenvalue weighted by atomic mass is 9.94. The van der Waals surface area contributed by atoms with Crippen molar-refractivity contribution in [3.63, 3.8) is 0 Å². The van der Waals surface area contributed by atoms with Gasteiger partial charge in [-0.3, -0.25) is 0 Å².